The molecule has 0 spiro atoms. The molecule has 0 aliphatic carbocycles. The van der Waals surface area contributed by atoms with Crippen molar-refractivity contribution < 1.29 is 14.3 Å². The molecule has 0 heterocycles. The highest BCUT2D eigenvalue weighted by Crippen LogP contribution is 2.26. The molecule has 1 rings (SSSR count). The van der Waals surface area contributed by atoms with Crippen LogP contribution in [0.4, 0.5) is 11.4 Å². The van der Waals surface area contributed by atoms with Crippen LogP contribution in [0.1, 0.15) is 0 Å². The van der Waals surface area contributed by atoms with Crippen LogP contribution in [0, 0.1) is 0 Å². The van der Waals surface area contributed by atoms with Gasteiger partial charge in [-0.25, -0.2) is 0 Å². The summed E-state index contributed by atoms with van der Waals surface area (Å²) in [4.78, 5) is 11.2. The van der Waals surface area contributed by atoms with E-state index in [2.05, 4.69) is 5.32 Å². The van der Waals surface area contributed by atoms with Crippen LogP contribution >= 0.6 is 0 Å². The van der Waals surface area contributed by atoms with Gasteiger partial charge in [0.05, 0.1) is 12.8 Å². The van der Waals surface area contributed by atoms with E-state index in [4.69, 9.17) is 15.2 Å². The zero-order valence-corrected chi connectivity index (χ0v) is 8.74. The van der Waals surface area contributed by atoms with Crippen LogP contribution in [0.25, 0.3) is 0 Å². The average Bonchev–Trinajstić information content (AvgIpc) is 2.21. The van der Waals surface area contributed by atoms with Crippen molar-refractivity contribution in [3.8, 4) is 5.75 Å². The van der Waals surface area contributed by atoms with Crippen LogP contribution in [0.3, 0.4) is 0 Å². The van der Waals surface area contributed by atoms with Gasteiger partial charge in [0.15, 0.2) is 0 Å². The zero-order chi connectivity index (χ0) is 11.3. The van der Waals surface area contributed by atoms with Crippen LogP contribution in [0.2, 0.25) is 0 Å². The summed E-state index contributed by atoms with van der Waals surface area (Å²) in [5.74, 6) is 0.292. The molecule has 0 aromatic heterocycles. The number of ether oxygens (including phenoxy) is 2. The first kappa shape index (κ1) is 11.3. The maximum atomic E-state index is 11.2. The Kier molecular flexibility index (Phi) is 3.93. The van der Waals surface area contributed by atoms with Crippen LogP contribution in [-0.4, -0.2) is 26.7 Å². The lowest BCUT2D eigenvalue weighted by molar-refractivity contribution is -0.119. The Morgan fingerprint density at radius 2 is 2.20 bits per heavy atom. The Bertz CT molecular complexity index is 353. The van der Waals surface area contributed by atoms with Crippen molar-refractivity contribution in [2.24, 2.45) is 0 Å². The summed E-state index contributed by atoms with van der Waals surface area (Å²) in [7, 11) is 2.97. The number of benzene rings is 1. The quantitative estimate of drug-likeness (QED) is 0.723. The molecule has 15 heavy (non-hydrogen) atoms. The third-order valence-corrected chi connectivity index (χ3v) is 1.78. The van der Waals surface area contributed by atoms with E-state index in [1.165, 1.54) is 14.2 Å². The van der Waals surface area contributed by atoms with Gasteiger partial charge >= 0.3 is 0 Å². The highest BCUT2D eigenvalue weighted by atomic mass is 16.5. The molecule has 0 atom stereocenters. The molecule has 5 heteroatoms. The Labute approximate surface area is 88.2 Å². The maximum Gasteiger partial charge on any atom is 0.250 e. The SMILES string of the molecule is COCC(=O)Nc1ccc(N)cc1OC. The minimum atomic E-state index is -0.236. The standard InChI is InChI=1S/C10H14N2O3/c1-14-6-10(13)12-8-4-3-7(11)5-9(8)15-2/h3-5H,6,11H2,1-2H3,(H,12,13). The molecule has 0 aliphatic heterocycles. The molecule has 0 saturated heterocycles. The van der Waals surface area contributed by atoms with Crippen molar-refractivity contribution in [2.45, 2.75) is 0 Å². The van der Waals surface area contributed by atoms with Crippen molar-refractivity contribution >= 4 is 17.3 Å². The third kappa shape index (κ3) is 3.14. The molecule has 0 unspecified atom stereocenters. The number of carbonyl (C=O) groups is 1. The van der Waals surface area contributed by atoms with Crippen LogP contribution in [-0.2, 0) is 9.53 Å². The van der Waals surface area contributed by atoms with E-state index in [1.807, 2.05) is 0 Å². The molecule has 3 N–H and O–H groups in total. The predicted molar refractivity (Wildman–Crippen MR) is 57.9 cm³/mol. The normalized spacial score (nSPS) is 9.73. The van der Waals surface area contributed by atoms with Gasteiger partial charge in [0.25, 0.3) is 0 Å². The molecular weight excluding hydrogens is 196 g/mol. The highest BCUT2D eigenvalue weighted by Gasteiger charge is 2.06. The first-order valence-electron chi connectivity index (χ1n) is 4.39. The summed E-state index contributed by atoms with van der Waals surface area (Å²) in [6.07, 6.45) is 0. The number of anilines is 2. The Morgan fingerprint density at radius 1 is 1.47 bits per heavy atom. The minimum Gasteiger partial charge on any atom is -0.494 e. The van der Waals surface area contributed by atoms with E-state index in [1.54, 1.807) is 18.2 Å². The largest absolute Gasteiger partial charge is 0.494 e. The second-order valence-electron chi connectivity index (χ2n) is 2.94. The number of methoxy groups -OCH3 is 2. The predicted octanol–water partition coefficient (Wildman–Crippen LogP) is 0.862. The molecule has 1 aromatic carbocycles. The van der Waals surface area contributed by atoms with Gasteiger partial charge in [-0.2, -0.15) is 0 Å². The Balaban J connectivity index is 2.80. The van der Waals surface area contributed by atoms with E-state index >= 15 is 0 Å². The number of carbonyl (C=O) groups excluding carboxylic acids is 1. The number of nitrogens with one attached hydrogen (secondary N) is 1. The molecule has 1 amide bonds. The van der Waals surface area contributed by atoms with Gasteiger partial charge in [-0.15, -0.1) is 0 Å². The van der Waals surface area contributed by atoms with Crippen LogP contribution in [0.15, 0.2) is 18.2 Å². The number of rotatable bonds is 4. The fraction of sp³-hybridized carbons (Fsp3) is 0.300. The van der Waals surface area contributed by atoms with Gasteiger partial charge in [-0.05, 0) is 12.1 Å². The third-order valence-electron chi connectivity index (χ3n) is 1.78. The average molecular weight is 210 g/mol. The lowest BCUT2D eigenvalue weighted by atomic mass is 10.2. The molecule has 0 fully saturated rings. The van der Waals surface area contributed by atoms with Gasteiger partial charge in [-0.1, -0.05) is 0 Å². The lowest BCUT2D eigenvalue weighted by Crippen LogP contribution is -2.17. The molecular formula is C10H14N2O3. The number of amides is 1. The zero-order valence-electron chi connectivity index (χ0n) is 8.74. The topological polar surface area (TPSA) is 73.6 Å². The molecule has 5 nitrogen and oxygen atoms in total. The summed E-state index contributed by atoms with van der Waals surface area (Å²) in [5.41, 5.74) is 6.73. The van der Waals surface area contributed by atoms with Crippen LogP contribution < -0.4 is 15.8 Å². The lowest BCUT2D eigenvalue weighted by Gasteiger charge is -2.10. The minimum absolute atomic E-state index is 0.00747. The molecule has 1 aromatic rings. The van der Waals surface area contributed by atoms with Gasteiger partial charge in [0.1, 0.15) is 12.4 Å². The van der Waals surface area contributed by atoms with Gasteiger partial charge in [-0.3, -0.25) is 4.79 Å². The number of nitrogens with two attached hydrogens (primary N) is 1. The van der Waals surface area contributed by atoms with Crippen molar-refractivity contribution in [3.05, 3.63) is 18.2 Å². The van der Waals surface area contributed by atoms with Gasteiger partial charge in [0.2, 0.25) is 5.91 Å². The molecule has 82 valence electrons. The first-order valence-corrected chi connectivity index (χ1v) is 4.39. The fourth-order valence-corrected chi connectivity index (χ4v) is 1.13. The molecule has 0 radical (unpaired) electrons. The molecule has 0 bridgehead atoms. The van der Waals surface area contributed by atoms with E-state index in [9.17, 15) is 4.79 Å². The molecule has 0 aliphatic rings. The van der Waals surface area contributed by atoms with Crippen molar-refractivity contribution in [1.29, 1.82) is 0 Å². The van der Waals surface area contributed by atoms with Gasteiger partial charge < -0.3 is 20.5 Å². The van der Waals surface area contributed by atoms with E-state index < -0.39 is 0 Å². The summed E-state index contributed by atoms with van der Waals surface area (Å²) < 4.78 is 9.77. The summed E-state index contributed by atoms with van der Waals surface area (Å²) >= 11 is 0. The smallest absolute Gasteiger partial charge is 0.250 e. The van der Waals surface area contributed by atoms with Crippen molar-refractivity contribution in [1.82, 2.24) is 0 Å². The Hall–Kier alpha value is -1.75. The maximum absolute atomic E-state index is 11.2. The van der Waals surface area contributed by atoms with Crippen LogP contribution in [0.5, 0.6) is 5.75 Å². The fourth-order valence-electron chi connectivity index (χ4n) is 1.13. The second-order valence-corrected chi connectivity index (χ2v) is 2.94. The van der Waals surface area contributed by atoms with Crippen molar-refractivity contribution in [2.75, 3.05) is 31.9 Å². The second kappa shape index (κ2) is 5.21. The van der Waals surface area contributed by atoms with E-state index in [0.717, 1.165) is 0 Å². The van der Waals surface area contributed by atoms with E-state index in [-0.39, 0.29) is 12.5 Å². The van der Waals surface area contributed by atoms with Gasteiger partial charge in [0, 0.05) is 18.9 Å². The summed E-state index contributed by atoms with van der Waals surface area (Å²) in [6, 6.07) is 5.01. The highest BCUT2D eigenvalue weighted by molar-refractivity contribution is 5.93. The monoisotopic (exact) mass is 210 g/mol. The number of nitrogen functional groups attached to an aromatic ring is 1. The summed E-state index contributed by atoms with van der Waals surface area (Å²) in [5, 5.41) is 2.65. The van der Waals surface area contributed by atoms with Crippen molar-refractivity contribution in [3.63, 3.8) is 0 Å². The number of hydrogen-bond acceptors (Lipinski definition) is 4. The number of hydrogen-bond donors (Lipinski definition) is 2. The summed E-state index contributed by atoms with van der Waals surface area (Å²) in [6.45, 7) is 0.00747. The first-order chi connectivity index (χ1) is 7.17. The molecule has 0 saturated carbocycles. The van der Waals surface area contributed by atoms with E-state index in [0.29, 0.717) is 17.1 Å². The Morgan fingerprint density at radius 3 is 2.80 bits per heavy atom.